The first kappa shape index (κ1) is 12.9. The second kappa shape index (κ2) is 4.79. The van der Waals surface area contributed by atoms with Crippen LogP contribution in [0.2, 0.25) is 0 Å². The van der Waals surface area contributed by atoms with Gasteiger partial charge >= 0.3 is 0 Å². The summed E-state index contributed by atoms with van der Waals surface area (Å²) in [6.45, 7) is 8.98. The van der Waals surface area contributed by atoms with Gasteiger partial charge in [-0.15, -0.1) is 0 Å². The highest BCUT2D eigenvalue weighted by molar-refractivity contribution is 5.01. The van der Waals surface area contributed by atoms with E-state index in [9.17, 15) is 0 Å². The topological polar surface area (TPSA) is 24.1 Å². The second-order valence-corrected chi connectivity index (χ2v) is 8.09. The van der Waals surface area contributed by atoms with E-state index in [0.29, 0.717) is 0 Å². The molecule has 0 amide bonds. The molecule has 0 aromatic heterocycles. The molecule has 2 N–H and O–H groups in total. The smallest absolute Gasteiger partial charge is 0.0124 e. The fourth-order valence-corrected chi connectivity index (χ4v) is 4.93. The summed E-state index contributed by atoms with van der Waals surface area (Å²) < 4.78 is 0. The predicted molar refractivity (Wildman–Crippen MR) is 76.6 cm³/mol. The van der Waals surface area contributed by atoms with Crippen LogP contribution in [0.15, 0.2) is 0 Å². The van der Waals surface area contributed by atoms with Gasteiger partial charge < -0.3 is 10.6 Å². The van der Waals surface area contributed by atoms with E-state index in [1.54, 1.807) is 6.42 Å². The molecule has 0 heterocycles. The van der Waals surface area contributed by atoms with E-state index in [2.05, 4.69) is 31.4 Å². The molecule has 4 saturated carbocycles. The minimum atomic E-state index is 0.256. The lowest BCUT2D eigenvalue weighted by molar-refractivity contribution is -0.0134. The Kier molecular flexibility index (Phi) is 3.44. The summed E-state index contributed by atoms with van der Waals surface area (Å²) in [5, 5.41) is 7.46. The molecule has 4 fully saturated rings. The van der Waals surface area contributed by atoms with E-state index in [1.165, 1.54) is 25.7 Å². The average molecular weight is 250 g/mol. The van der Waals surface area contributed by atoms with Gasteiger partial charge in [-0.1, -0.05) is 0 Å². The Hall–Kier alpha value is -0.0800. The third-order valence-electron chi connectivity index (χ3n) is 5.39. The molecule has 4 rings (SSSR count). The van der Waals surface area contributed by atoms with Crippen molar-refractivity contribution in [1.29, 1.82) is 0 Å². The van der Waals surface area contributed by atoms with Gasteiger partial charge in [0.25, 0.3) is 0 Å². The van der Waals surface area contributed by atoms with Crippen LogP contribution in [0, 0.1) is 23.7 Å². The number of rotatable bonds is 4. The van der Waals surface area contributed by atoms with E-state index in [0.717, 1.165) is 42.8 Å². The van der Waals surface area contributed by atoms with Gasteiger partial charge in [-0.3, -0.25) is 0 Å². The van der Waals surface area contributed by atoms with Gasteiger partial charge in [0.2, 0.25) is 0 Å². The van der Waals surface area contributed by atoms with Gasteiger partial charge in [-0.25, -0.2) is 0 Å². The van der Waals surface area contributed by atoms with Gasteiger partial charge in [-0.05, 0) is 76.5 Å². The maximum absolute atomic E-state index is 3.87. The molecule has 104 valence electrons. The molecule has 4 aliphatic rings. The summed E-state index contributed by atoms with van der Waals surface area (Å²) in [4.78, 5) is 0. The highest BCUT2D eigenvalue weighted by atomic mass is 15.0. The van der Waals surface area contributed by atoms with Crippen LogP contribution < -0.4 is 10.6 Å². The molecule has 0 radical (unpaired) electrons. The van der Waals surface area contributed by atoms with Crippen molar-refractivity contribution in [3.63, 3.8) is 0 Å². The maximum Gasteiger partial charge on any atom is 0.0124 e. The predicted octanol–water partition coefficient (Wildman–Crippen LogP) is 2.79. The summed E-state index contributed by atoms with van der Waals surface area (Å²) in [6, 6.07) is 0.847. The fraction of sp³-hybridized carbons (Fsp3) is 1.00. The highest BCUT2D eigenvalue weighted by Crippen LogP contribution is 2.53. The van der Waals surface area contributed by atoms with Crippen molar-refractivity contribution in [2.24, 2.45) is 23.7 Å². The molecular formula is C16H30N2. The van der Waals surface area contributed by atoms with Crippen molar-refractivity contribution in [2.75, 3.05) is 13.1 Å². The van der Waals surface area contributed by atoms with Gasteiger partial charge in [0.1, 0.15) is 0 Å². The van der Waals surface area contributed by atoms with Crippen molar-refractivity contribution in [2.45, 2.75) is 64.5 Å². The molecule has 4 bridgehead atoms. The molecule has 0 aliphatic heterocycles. The van der Waals surface area contributed by atoms with Gasteiger partial charge in [0.15, 0.2) is 0 Å². The SMILES string of the molecule is CC(C)(C)NCCNC1C2CC3CC(C2)CC1C3. The van der Waals surface area contributed by atoms with Crippen LogP contribution in [0.25, 0.3) is 0 Å². The molecule has 0 atom stereocenters. The maximum atomic E-state index is 3.87. The Morgan fingerprint density at radius 3 is 1.89 bits per heavy atom. The molecular weight excluding hydrogens is 220 g/mol. The number of hydrogen-bond donors (Lipinski definition) is 2. The van der Waals surface area contributed by atoms with Crippen molar-refractivity contribution in [3.8, 4) is 0 Å². The Bertz CT molecular complexity index is 264. The Balaban J connectivity index is 1.46. The summed E-state index contributed by atoms with van der Waals surface area (Å²) in [5.41, 5.74) is 0.256. The van der Waals surface area contributed by atoms with E-state index in [1.807, 2.05) is 0 Å². The lowest BCUT2D eigenvalue weighted by Crippen LogP contribution is -2.55. The van der Waals surface area contributed by atoms with Gasteiger partial charge in [0.05, 0.1) is 0 Å². The van der Waals surface area contributed by atoms with E-state index in [-0.39, 0.29) is 5.54 Å². The molecule has 0 saturated heterocycles. The molecule has 2 nitrogen and oxygen atoms in total. The summed E-state index contributed by atoms with van der Waals surface area (Å²) in [7, 11) is 0. The first-order chi connectivity index (χ1) is 8.51. The average Bonchev–Trinajstić information content (AvgIpc) is 2.24. The van der Waals surface area contributed by atoms with Crippen LogP contribution in [-0.4, -0.2) is 24.7 Å². The highest BCUT2D eigenvalue weighted by Gasteiger charge is 2.47. The minimum absolute atomic E-state index is 0.256. The Labute approximate surface area is 112 Å². The summed E-state index contributed by atoms with van der Waals surface area (Å²) in [5.74, 6) is 4.21. The first-order valence-corrected chi connectivity index (χ1v) is 7.99. The van der Waals surface area contributed by atoms with E-state index >= 15 is 0 Å². The largest absolute Gasteiger partial charge is 0.312 e. The number of hydrogen-bond acceptors (Lipinski definition) is 2. The summed E-state index contributed by atoms with van der Waals surface area (Å²) >= 11 is 0. The third-order valence-corrected chi connectivity index (χ3v) is 5.39. The number of nitrogens with one attached hydrogen (secondary N) is 2. The zero-order chi connectivity index (χ0) is 12.8. The minimum Gasteiger partial charge on any atom is -0.312 e. The van der Waals surface area contributed by atoms with Gasteiger partial charge in [0, 0.05) is 24.7 Å². The molecule has 0 spiro atoms. The first-order valence-electron chi connectivity index (χ1n) is 7.99. The Morgan fingerprint density at radius 2 is 1.39 bits per heavy atom. The van der Waals surface area contributed by atoms with Crippen molar-refractivity contribution < 1.29 is 0 Å². The molecule has 0 aromatic carbocycles. The molecule has 0 unspecified atom stereocenters. The van der Waals surface area contributed by atoms with E-state index < -0.39 is 0 Å². The summed E-state index contributed by atoms with van der Waals surface area (Å²) in [6.07, 6.45) is 7.66. The van der Waals surface area contributed by atoms with Crippen molar-refractivity contribution in [3.05, 3.63) is 0 Å². The van der Waals surface area contributed by atoms with E-state index in [4.69, 9.17) is 0 Å². The molecule has 18 heavy (non-hydrogen) atoms. The molecule has 0 aromatic rings. The van der Waals surface area contributed by atoms with Crippen molar-refractivity contribution >= 4 is 0 Å². The van der Waals surface area contributed by atoms with Crippen molar-refractivity contribution in [1.82, 2.24) is 10.6 Å². The monoisotopic (exact) mass is 250 g/mol. The van der Waals surface area contributed by atoms with Crippen LogP contribution in [-0.2, 0) is 0 Å². The van der Waals surface area contributed by atoms with Crippen LogP contribution in [0.4, 0.5) is 0 Å². The lowest BCUT2D eigenvalue weighted by Gasteiger charge is -2.54. The zero-order valence-electron chi connectivity index (χ0n) is 12.3. The zero-order valence-corrected chi connectivity index (χ0v) is 12.3. The Morgan fingerprint density at radius 1 is 0.833 bits per heavy atom. The third kappa shape index (κ3) is 2.75. The van der Waals surface area contributed by atoms with Crippen LogP contribution >= 0.6 is 0 Å². The normalized spacial score (nSPS) is 42.5. The molecule has 2 heteroatoms. The van der Waals surface area contributed by atoms with Gasteiger partial charge in [-0.2, -0.15) is 0 Å². The standard InChI is InChI=1S/C16H30N2/c1-16(2,3)18-5-4-17-15-13-7-11-6-12(9-13)10-14(15)8-11/h11-15,17-18H,4-10H2,1-3H3. The van der Waals surface area contributed by atoms with Crippen LogP contribution in [0.1, 0.15) is 52.9 Å². The lowest BCUT2D eigenvalue weighted by atomic mass is 9.54. The second-order valence-electron chi connectivity index (χ2n) is 8.09. The fourth-order valence-electron chi connectivity index (χ4n) is 4.93. The molecule has 4 aliphatic carbocycles. The van der Waals surface area contributed by atoms with Crippen LogP contribution in [0.3, 0.4) is 0 Å². The van der Waals surface area contributed by atoms with Crippen LogP contribution in [0.5, 0.6) is 0 Å². The quantitative estimate of drug-likeness (QED) is 0.750.